The molecule has 0 spiro atoms. The van der Waals surface area contributed by atoms with Crippen molar-refractivity contribution in [3.8, 4) is 0 Å². The maximum Gasteiger partial charge on any atom is 0.303 e. The molecule has 1 fully saturated rings. The highest BCUT2D eigenvalue weighted by molar-refractivity contribution is 5.80. The lowest BCUT2D eigenvalue weighted by atomic mass is 10.3. The summed E-state index contributed by atoms with van der Waals surface area (Å²) in [6.07, 6.45) is 2.88. The van der Waals surface area contributed by atoms with Gasteiger partial charge in [0.05, 0.1) is 0 Å². The van der Waals surface area contributed by atoms with Gasteiger partial charge in [-0.05, 0) is 25.8 Å². The third-order valence-electron chi connectivity index (χ3n) is 2.29. The SMILES string of the molecule is O=C(O)CCCNCCNC(=O)C1CC1. The summed E-state index contributed by atoms with van der Waals surface area (Å²) in [6, 6.07) is 0. The van der Waals surface area contributed by atoms with Gasteiger partial charge in [0.1, 0.15) is 0 Å². The molecule has 1 saturated carbocycles. The molecule has 0 saturated heterocycles. The van der Waals surface area contributed by atoms with E-state index in [0.717, 1.165) is 12.8 Å². The van der Waals surface area contributed by atoms with Crippen molar-refractivity contribution < 1.29 is 14.7 Å². The van der Waals surface area contributed by atoms with Crippen molar-refractivity contribution in [1.82, 2.24) is 10.6 Å². The van der Waals surface area contributed by atoms with Crippen molar-refractivity contribution in [3.63, 3.8) is 0 Å². The number of carbonyl (C=O) groups excluding carboxylic acids is 1. The van der Waals surface area contributed by atoms with Crippen molar-refractivity contribution in [1.29, 1.82) is 0 Å². The quantitative estimate of drug-likeness (QED) is 0.496. The van der Waals surface area contributed by atoms with E-state index in [2.05, 4.69) is 10.6 Å². The minimum absolute atomic E-state index is 0.155. The lowest BCUT2D eigenvalue weighted by Gasteiger charge is -2.05. The molecule has 0 bridgehead atoms. The van der Waals surface area contributed by atoms with Crippen molar-refractivity contribution in [2.24, 2.45) is 5.92 Å². The Labute approximate surface area is 89.2 Å². The summed E-state index contributed by atoms with van der Waals surface area (Å²) in [5.74, 6) is -0.349. The molecule has 86 valence electrons. The highest BCUT2D eigenvalue weighted by Crippen LogP contribution is 2.28. The number of hydrogen-bond acceptors (Lipinski definition) is 3. The van der Waals surface area contributed by atoms with Gasteiger partial charge in [-0.25, -0.2) is 0 Å². The molecular formula is C10H18N2O3. The average Bonchev–Trinajstić information content (AvgIpc) is 2.98. The van der Waals surface area contributed by atoms with Gasteiger partial charge in [-0.3, -0.25) is 9.59 Å². The van der Waals surface area contributed by atoms with Crippen LogP contribution < -0.4 is 10.6 Å². The summed E-state index contributed by atoms with van der Waals surface area (Å²) in [5, 5.41) is 14.3. The summed E-state index contributed by atoms with van der Waals surface area (Å²) in [5.41, 5.74) is 0. The standard InChI is InChI=1S/C10H18N2O3/c13-9(14)2-1-5-11-6-7-12-10(15)8-3-4-8/h8,11H,1-7H2,(H,12,15)(H,13,14). The topological polar surface area (TPSA) is 78.4 Å². The highest BCUT2D eigenvalue weighted by atomic mass is 16.4. The van der Waals surface area contributed by atoms with Gasteiger partial charge in [-0.2, -0.15) is 0 Å². The minimum Gasteiger partial charge on any atom is -0.481 e. The Bertz CT molecular complexity index is 227. The van der Waals surface area contributed by atoms with Crippen molar-refractivity contribution >= 4 is 11.9 Å². The first kappa shape index (κ1) is 12.0. The van der Waals surface area contributed by atoms with E-state index in [4.69, 9.17) is 5.11 Å². The molecule has 1 amide bonds. The summed E-state index contributed by atoms with van der Waals surface area (Å²) in [7, 11) is 0. The van der Waals surface area contributed by atoms with Crippen molar-refractivity contribution in [2.75, 3.05) is 19.6 Å². The fraction of sp³-hybridized carbons (Fsp3) is 0.800. The molecule has 0 atom stereocenters. The van der Waals surface area contributed by atoms with Gasteiger partial charge >= 0.3 is 5.97 Å². The molecule has 5 heteroatoms. The van der Waals surface area contributed by atoms with Gasteiger partial charge in [0.25, 0.3) is 0 Å². The number of rotatable bonds is 8. The van der Waals surface area contributed by atoms with Crippen LogP contribution in [0.5, 0.6) is 0 Å². The fourth-order valence-electron chi connectivity index (χ4n) is 1.25. The predicted octanol–water partition coefficient (Wildman–Crippen LogP) is -0.0330. The van der Waals surface area contributed by atoms with E-state index in [1.54, 1.807) is 0 Å². The number of amides is 1. The second-order valence-electron chi connectivity index (χ2n) is 3.81. The smallest absolute Gasteiger partial charge is 0.303 e. The Kier molecular flexibility index (Phi) is 5.10. The average molecular weight is 214 g/mol. The number of carboxylic acids is 1. The van der Waals surface area contributed by atoms with Crippen LogP contribution in [0.4, 0.5) is 0 Å². The third kappa shape index (κ3) is 6.06. The first-order valence-electron chi connectivity index (χ1n) is 5.40. The molecule has 1 aliphatic carbocycles. The van der Waals surface area contributed by atoms with Gasteiger partial charge < -0.3 is 15.7 Å². The van der Waals surface area contributed by atoms with Gasteiger partial charge in [0.15, 0.2) is 0 Å². The monoisotopic (exact) mass is 214 g/mol. The first-order valence-corrected chi connectivity index (χ1v) is 5.40. The fourth-order valence-corrected chi connectivity index (χ4v) is 1.25. The molecule has 0 aromatic heterocycles. The zero-order valence-corrected chi connectivity index (χ0v) is 8.79. The van der Waals surface area contributed by atoms with Crippen molar-refractivity contribution in [3.05, 3.63) is 0 Å². The summed E-state index contributed by atoms with van der Waals surface area (Å²) >= 11 is 0. The molecule has 1 aliphatic rings. The molecule has 1 rings (SSSR count). The van der Waals surface area contributed by atoms with E-state index in [0.29, 0.717) is 26.1 Å². The largest absolute Gasteiger partial charge is 0.481 e. The normalized spacial score (nSPS) is 14.9. The number of aliphatic carboxylic acids is 1. The predicted molar refractivity (Wildman–Crippen MR) is 55.5 cm³/mol. The van der Waals surface area contributed by atoms with Crippen LogP contribution in [0.25, 0.3) is 0 Å². The summed E-state index contributed by atoms with van der Waals surface area (Å²) in [4.78, 5) is 21.3. The Hall–Kier alpha value is -1.10. The maximum absolute atomic E-state index is 11.2. The molecule has 0 unspecified atom stereocenters. The van der Waals surface area contributed by atoms with E-state index >= 15 is 0 Å². The van der Waals surface area contributed by atoms with Gasteiger partial charge in [0.2, 0.25) is 5.91 Å². The minimum atomic E-state index is -0.765. The number of carboxylic acid groups (broad SMARTS) is 1. The highest BCUT2D eigenvalue weighted by Gasteiger charge is 2.28. The van der Waals surface area contributed by atoms with Crippen LogP contribution in [-0.2, 0) is 9.59 Å². The van der Waals surface area contributed by atoms with Crippen LogP contribution >= 0.6 is 0 Å². The van der Waals surface area contributed by atoms with E-state index in [9.17, 15) is 9.59 Å². The second-order valence-corrected chi connectivity index (χ2v) is 3.81. The summed E-state index contributed by atoms with van der Waals surface area (Å²) < 4.78 is 0. The molecule has 0 aromatic carbocycles. The van der Waals surface area contributed by atoms with E-state index in [-0.39, 0.29) is 18.2 Å². The Balaban J connectivity index is 1.80. The Morgan fingerprint density at radius 2 is 1.93 bits per heavy atom. The lowest BCUT2D eigenvalue weighted by Crippen LogP contribution is -2.33. The molecule has 0 heterocycles. The van der Waals surface area contributed by atoms with Gasteiger partial charge in [0, 0.05) is 25.4 Å². The summed E-state index contributed by atoms with van der Waals surface area (Å²) in [6.45, 7) is 2.02. The maximum atomic E-state index is 11.2. The molecule has 0 aromatic rings. The zero-order valence-electron chi connectivity index (χ0n) is 8.79. The van der Waals surface area contributed by atoms with Crippen LogP contribution in [0, 0.1) is 5.92 Å². The molecule has 0 radical (unpaired) electrons. The van der Waals surface area contributed by atoms with Crippen LogP contribution in [-0.4, -0.2) is 36.6 Å². The molecule has 5 nitrogen and oxygen atoms in total. The van der Waals surface area contributed by atoms with Crippen LogP contribution in [0.3, 0.4) is 0 Å². The Morgan fingerprint density at radius 3 is 2.53 bits per heavy atom. The van der Waals surface area contributed by atoms with E-state index < -0.39 is 5.97 Å². The number of nitrogens with one attached hydrogen (secondary N) is 2. The van der Waals surface area contributed by atoms with Gasteiger partial charge in [-0.15, -0.1) is 0 Å². The number of hydrogen-bond donors (Lipinski definition) is 3. The van der Waals surface area contributed by atoms with Crippen LogP contribution in [0.2, 0.25) is 0 Å². The molecule has 0 aliphatic heterocycles. The van der Waals surface area contributed by atoms with Crippen molar-refractivity contribution in [2.45, 2.75) is 25.7 Å². The third-order valence-corrected chi connectivity index (χ3v) is 2.29. The lowest BCUT2D eigenvalue weighted by molar-refractivity contribution is -0.137. The molecular weight excluding hydrogens is 196 g/mol. The van der Waals surface area contributed by atoms with Crippen LogP contribution in [0.15, 0.2) is 0 Å². The second kappa shape index (κ2) is 6.40. The van der Waals surface area contributed by atoms with E-state index in [1.807, 2.05) is 0 Å². The number of carbonyl (C=O) groups is 2. The van der Waals surface area contributed by atoms with Gasteiger partial charge in [-0.1, -0.05) is 0 Å². The van der Waals surface area contributed by atoms with E-state index in [1.165, 1.54) is 0 Å². The Morgan fingerprint density at radius 1 is 1.20 bits per heavy atom. The zero-order chi connectivity index (χ0) is 11.1. The molecule has 15 heavy (non-hydrogen) atoms. The molecule has 3 N–H and O–H groups in total. The van der Waals surface area contributed by atoms with Crippen LogP contribution in [0.1, 0.15) is 25.7 Å². The first-order chi connectivity index (χ1) is 7.20.